The van der Waals surface area contributed by atoms with Gasteiger partial charge in [-0.2, -0.15) is 0 Å². The zero-order valence-corrected chi connectivity index (χ0v) is 12.5. The van der Waals surface area contributed by atoms with E-state index in [0.29, 0.717) is 6.04 Å². The molecule has 0 radical (unpaired) electrons. The number of hydrogen-bond acceptors (Lipinski definition) is 3. The number of benzene rings is 1. The van der Waals surface area contributed by atoms with E-state index >= 15 is 0 Å². The van der Waals surface area contributed by atoms with Crippen LogP contribution >= 0.6 is 0 Å². The van der Waals surface area contributed by atoms with E-state index in [9.17, 15) is 8.78 Å². The third kappa shape index (κ3) is 3.10. The van der Waals surface area contributed by atoms with Gasteiger partial charge in [0.2, 0.25) is 0 Å². The van der Waals surface area contributed by atoms with E-state index in [1.807, 2.05) is 0 Å². The molecule has 3 heterocycles. The topological polar surface area (TPSA) is 18.5 Å². The first-order valence-electron chi connectivity index (χ1n) is 7.83. The lowest BCUT2D eigenvalue weighted by Gasteiger charge is -2.50. The average Bonchev–Trinajstić information content (AvgIpc) is 2.52. The summed E-state index contributed by atoms with van der Waals surface area (Å²) >= 11 is 0. The van der Waals surface area contributed by atoms with Crippen LogP contribution in [0.5, 0.6) is 0 Å². The second-order valence-corrected chi connectivity index (χ2v) is 6.01. The molecule has 0 saturated carbocycles. The molecule has 2 unspecified atom stereocenters. The molecule has 1 aromatic rings. The molecule has 0 spiro atoms. The molecule has 4 rings (SSSR count). The Morgan fingerprint density at radius 3 is 2.52 bits per heavy atom. The molecule has 3 fully saturated rings. The van der Waals surface area contributed by atoms with Crippen LogP contribution in [0.3, 0.4) is 0 Å². The van der Waals surface area contributed by atoms with Crippen molar-refractivity contribution in [1.82, 2.24) is 15.1 Å². The summed E-state index contributed by atoms with van der Waals surface area (Å²) < 4.78 is 26.8. The zero-order valence-electron chi connectivity index (χ0n) is 12.5. The maximum Gasteiger partial charge on any atom is 0.159 e. The fourth-order valence-electron chi connectivity index (χ4n) is 3.46. The maximum atomic E-state index is 13.6. The van der Waals surface area contributed by atoms with Gasteiger partial charge in [0, 0.05) is 44.8 Å². The molecule has 2 atom stereocenters. The number of rotatable bonds is 5. The van der Waals surface area contributed by atoms with E-state index in [4.69, 9.17) is 0 Å². The first kappa shape index (κ1) is 14.9. The van der Waals surface area contributed by atoms with Gasteiger partial charge in [-0.25, -0.2) is 8.78 Å². The Hall–Kier alpha value is -1.04. The van der Waals surface area contributed by atoms with Crippen molar-refractivity contribution < 1.29 is 8.78 Å². The van der Waals surface area contributed by atoms with Crippen LogP contribution < -0.4 is 5.32 Å². The highest BCUT2D eigenvalue weighted by Crippen LogP contribution is 2.28. The van der Waals surface area contributed by atoms with Crippen molar-refractivity contribution in [1.29, 1.82) is 0 Å². The Morgan fingerprint density at radius 2 is 1.95 bits per heavy atom. The predicted molar refractivity (Wildman–Crippen MR) is 79.2 cm³/mol. The van der Waals surface area contributed by atoms with Crippen molar-refractivity contribution in [2.24, 2.45) is 0 Å². The molecule has 0 aromatic heterocycles. The lowest BCUT2D eigenvalue weighted by Crippen LogP contribution is -2.64. The molecule has 2 bridgehead atoms. The zero-order chi connectivity index (χ0) is 14.8. The number of piperazine rings is 3. The summed E-state index contributed by atoms with van der Waals surface area (Å²) in [4.78, 5) is 4.94. The van der Waals surface area contributed by atoms with Gasteiger partial charge in [0.05, 0.1) is 0 Å². The molecule has 1 aromatic carbocycles. The summed E-state index contributed by atoms with van der Waals surface area (Å²) in [6, 6.07) is 4.69. The Bertz CT molecular complexity index is 486. The highest BCUT2D eigenvalue weighted by Gasteiger charge is 2.37. The maximum absolute atomic E-state index is 13.6. The van der Waals surface area contributed by atoms with E-state index in [1.165, 1.54) is 12.1 Å². The predicted octanol–water partition coefficient (Wildman–Crippen LogP) is 2.01. The van der Waals surface area contributed by atoms with Crippen LogP contribution in [0.4, 0.5) is 8.78 Å². The Labute approximate surface area is 124 Å². The van der Waals surface area contributed by atoms with Gasteiger partial charge in [0.1, 0.15) is 0 Å². The minimum atomic E-state index is -0.776. The van der Waals surface area contributed by atoms with Gasteiger partial charge in [-0.1, -0.05) is 13.0 Å². The number of fused-ring (bicyclic) bond motifs is 3. The minimum Gasteiger partial charge on any atom is -0.309 e. The molecule has 1 N–H and O–H groups in total. The van der Waals surface area contributed by atoms with Crippen molar-refractivity contribution in [3.05, 3.63) is 35.4 Å². The van der Waals surface area contributed by atoms with Crippen LogP contribution in [-0.4, -0.2) is 55.1 Å². The van der Waals surface area contributed by atoms with Crippen LogP contribution in [0.1, 0.15) is 24.9 Å². The lowest BCUT2D eigenvalue weighted by molar-refractivity contribution is -0.00369. The summed E-state index contributed by atoms with van der Waals surface area (Å²) in [6.07, 6.45) is 1.02. The number of halogens is 2. The van der Waals surface area contributed by atoms with Gasteiger partial charge in [-0.3, -0.25) is 9.80 Å². The monoisotopic (exact) mass is 295 g/mol. The standard InChI is InChI=1S/C16H23F2N3/c1-2-5-19-16(12-3-4-13(17)14(18)10-12)15-11-20-6-8-21(15)9-7-20/h3-4,10,15-16,19H,2,5-9,11H2,1H3. The van der Waals surface area contributed by atoms with E-state index < -0.39 is 11.6 Å². The fourth-order valence-corrected chi connectivity index (χ4v) is 3.46. The number of nitrogens with one attached hydrogen (secondary N) is 1. The van der Waals surface area contributed by atoms with Crippen molar-refractivity contribution in [2.45, 2.75) is 25.4 Å². The van der Waals surface area contributed by atoms with Crippen molar-refractivity contribution in [3.63, 3.8) is 0 Å². The summed E-state index contributed by atoms with van der Waals surface area (Å²) in [5, 5.41) is 3.53. The lowest BCUT2D eigenvalue weighted by atomic mass is 9.93. The number of nitrogens with zero attached hydrogens (tertiary/aromatic N) is 2. The van der Waals surface area contributed by atoms with Gasteiger partial charge >= 0.3 is 0 Å². The third-order valence-electron chi connectivity index (χ3n) is 4.62. The quantitative estimate of drug-likeness (QED) is 0.896. The number of hydrogen-bond donors (Lipinski definition) is 1. The molecular formula is C16H23F2N3. The average molecular weight is 295 g/mol. The summed E-state index contributed by atoms with van der Waals surface area (Å²) in [7, 11) is 0. The van der Waals surface area contributed by atoms with Crippen LogP contribution in [0, 0.1) is 11.6 Å². The van der Waals surface area contributed by atoms with E-state index in [2.05, 4.69) is 22.0 Å². The molecule has 3 aliphatic heterocycles. The van der Waals surface area contributed by atoms with Gasteiger partial charge in [-0.05, 0) is 30.7 Å². The highest BCUT2D eigenvalue weighted by molar-refractivity contribution is 5.23. The van der Waals surface area contributed by atoms with Gasteiger partial charge in [-0.15, -0.1) is 0 Å². The summed E-state index contributed by atoms with van der Waals surface area (Å²) in [5.74, 6) is -1.53. The van der Waals surface area contributed by atoms with Crippen LogP contribution in [0.2, 0.25) is 0 Å². The van der Waals surface area contributed by atoms with Crippen molar-refractivity contribution in [3.8, 4) is 0 Å². The molecule has 116 valence electrons. The SMILES string of the molecule is CCCNC(c1ccc(F)c(F)c1)C1CN2CCN1CC2. The third-order valence-corrected chi connectivity index (χ3v) is 4.62. The molecule has 3 nitrogen and oxygen atoms in total. The second kappa shape index (κ2) is 6.38. The van der Waals surface area contributed by atoms with Crippen LogP contribution in [0.25, 0.3) is 0 Å². The molecule has 21 heavy (non-hydrogen) atoms. The van der Waals surface area contributed by atoms with Crippen LogP contribution in [-0.2, 0) is 0 Å². The second-order valence-electron chi connectivity index (χ2n) is 6.01. The minimum absolute atomic E-state index is 0.0585. The highest BCUT2D eigenvalue weighted by atomic mass is 19.2. The molecule has 0 amide bonds. The first-order chi connectivity index (χ1) is 10.2. The molecule has 0 aliphatic carbocycles. The smallest absolute Gasteiger partial charge is 0.159 e. The summed E-state index contributed by atoms with van der Waals surface area (Å²) in [6.45, 7) is 8.38. The fraction of sp³-hybridized carbons (Fsp3) is 0.625. The van der Waals surface area contributed by atoms with Crippen molar-refractivity contribution in [2.75, 3.05) is 39.3 Å². The van der Waals surface area contributed by atoms with E-state index in [-0.39, 0.29) is 6.04 Å². The Balaban J connectivity index is 1.84. The van der Waals surface area contributed by atoms with Gasteiger partial charge in [0.15, 0.2) is 11.6 Å². The first-order valence-corrected chi connectivity index (χ1v) is 7.83. The molecule has 3 aliphatic rings. The summed E-state index contributed by atoms with van der Waals surface area (Å²) in [5.41, 5.74) is 0.848. The van der Waals surface area contributed by atoms with Crippen molar-refractivity contribution >= 4 is 0 Å². The van der Waals surface area contributed by atoms with E-state index in [0.717, 1.165) is 51.3 Å². The van der Waals surface area contributed by atoms with Crippen LogP contribution in [0.15, 0.2) is 18.2 Å². The largest absolute Gasteiger partial charge is 0.309 e. The molecule has 3 saturated heterocycles. The van der Waals surface area contributed by atoms with E-state index in [1.54, 1.807) is 6.07 Å². The molecular weight excluding hydrogens is 272 g/mol. The van der Waals surface area contributed by atoms with Gasteiger partial charge in [0.25, 0.3) is 0 Å². The normalized spacial score (nSPS) is 29.6. The Morgan fingerprint density at radius 1 is 1.19 bits per heavy atom. The molecule has 5 heteroatoms. The van der Waals surface area contributed by atoms with Gasteiger partial charge < -0.3 is 5.32 Å². The Kier molecular flexibility index (Phi) is 4.52.